The molecule has 6 aliphatic heterocycles. The Morgan fingerprint density at radius 3 is 1.18 bits per heavy atom. The molecule has 3 saturated heterocycles. The van der Waals surface area contributed by atoms with Crippen LogP contribution in [0.4, 0.5) is 17.1 Å². The van der Waals surface area contributed by atoms with E-state index in [1.165, 1.54) is 49.9 Å². The van der Waals surface area contributed by atoms with Gasteiger partial charge in [0.1, 0.15) is 17.0 Å². The van der Waals surface area contributed by atoms with Crippen molar-refractivity contribution in [1.82, 2.24) is 15.1 Å². The number of esters is 2. The monoisotopic (exact) mass is 1150 g/mol. The first-order chi connectivity index (χ1) is 40.2. The summed E-state index contributed by atoms with van der Waals surface area (Å²) in [5.41, 5.74) is 10.5. The van der Waals surface area contributed by atoms with Crippen molar-refractivity contribution in [1.29, 1.82) is 0 Å². The van der Waals surface area contributed by atoms with Crippen LogP contribution in [0.1, 0.15) is 199 Å². The number of nitrogens with two attached hydrogens (primary N) is 1. The number of nitrogens with zero attached hydrogens (tertiary/aromatic N) is 2. The van der Waals surface area contributed by atoms with E-state index in [9.17, 15) is 28.8 Å². The molecule has 0 radical (unpaired) electrons. The van der Waals surface area contributed by atoms with E-state index in [2.05, 4.69) is 55.3 Å². The molecule has 3 saturated carbocycles. The van der Waals surface area contributed by atoms with Gasteiger partial charge in [-0.15, -0.1) is 0 Å². The number of amides is 3. The lowest BCUT2D eigenvalue weighted by Crippen LogP contribution is -2.48. The molecule has 0 aromatic heterocycles. The van der Waals surface area contributed by atoms with Gasteiger partial charge in [0.05, 0.1) is 16.2 Å². The summed E-state index contributed by atoms with van der Waals surface area (Å²) in [6.07, 6.45) is 20.9. The third-order valence-electron chi connectivity index (χ3n) is 20.1. The van der Waals surface area contributed by atoms with Crippen LogP contribution in [-0.4, -0.2) is 114 Å². The number of carbonyl (C=O) groups is 6. The zero-order chi connectivity index (χ0) is 59.7. The first-order valence-corrected chi connectivity index (χ1v) is 32.3. The van der Waals surface area contributed by atoms with Gasteiger partial charge in [0, 0.05) is 54.8 Å². The molecule has 15 nitrogen and oxygen atoms in total. The Morgan fingerprint density at radius 1 is 0.488 bits per heavy atom. The molecule has 0 atom stereocenters. The van der Waals surface area contributed by atoms with Gasteiger partial charge in [-0.3, -0.25) is 28.8 Å². The molecule has 0 bridgehead atoms. The maximum atomic E-state index is 12.8. The highest BCUT2D eigenvalue weighted by molar-refractivity contribution is 6.08. The predicted molar refractivity (Wildman–Crippen MR) is 332 cm³/mol. The highest BCUT2D eigenvalue weighted by Gasteiger charge is 2.51. The van der Waals surface area contributed by atoms with Gasteiger partial charge in [0.15, 0.2) is 0 Å². The van der Waals surface area contributed by atoms with Crippen LogP contribution < -0.4 is 27.0 Å². The number of fused-ring (bicyclic) bond motifs is 6. The fraction of sp³-hybridized carbons (Fsp3) is 0.652. The van der Waals surface area contributed by atoms with Crippen LogP contribution >= 0.6 is 0 Å². The third kappa shape index (κ3) is 15.2. The van der Waals surface area contributed by atoms with Gasteiger partial charge in [0.25, 0.3) is 0 Å². The number of piperidine rings is 3. The van der Waals surface area contributed by atoms with Gasteiger partial charge in [-0.2, -0.15) is 0 Å². The molecular weight excluding hydrogens is 1050 g/mol. The molecule has 0 unspecified atom stereocenters. The van der Waals surface area contributed by atoms with Gasteiger partial charge in [0.2, 0.25) is 17.7 Å². The minimum absolute atomic E-state index is 0.0546. The molecule has 6 fully saturated rings. The molecule has 458 valence electrons. The zero-order valence-corrected chi connectivity index (χ0v) is 51.6. The average Bonchev–Trinajstić information content (AvgIpc) is 2.06. The number of Topliss-reactive ketones (excluding diaryl/α,β-unsaturated/α-hetero) is 1. The normalized spacial score (nSPS) is 26.2. The van der Waals surface area contributed by atoms with Crippen molar-refractivity contribution in [3.63, 3.8) is 0 Å². The van der Waals surface area contributed by atoms with E-state index in [4.69, 9.17) is 15.2 Å². The largest absolute Gasteiger partial charge is 0.460 e. The van der Waals surface area contributed by atoms with E-state index in [0.717, 1.165) is 132 Å². The topological polar surface area (TPSA) is 201 Å². The lowest BCUT2D eigenvalue weighted by atomic mass is 9.68. The van der Waals surface area contributed by atoms with Crippen LogP contribution in [0.15, 0.2) is 72.8 Å². The van der Waals surface area contributed by atoms with Crippen molar-refractivity contribution in [2.45, 2.75) is 222 Å². The van der Waals surface area contributed by atoms with Crippen molar-refractivity contribution in [3.05, 3.63) is 89.5 Å². The third-order valence-corrected chi connectivity index (χ3v) is 20.1. The standard InChI is InChI=1S/C25H36N2O3.C19H27N3O.C13H13NO2.C12H23NO2/c1-24(2,3)30-22(28)9-8-18-12-16-27(17-13-18)19-10-14-25(15-11-19)20-6-4-5-7-21(20)26-23(25)29;20-13-14-7-11-22(12-8-14)15-5-9-19(10-6-15)16-3-1-2-4-17(16)21-18(19)23;15-9-5-7-13(8-6-9)10-3-1-2-4-11(10)14-12(13)16;1-12(2,3)15-11(14)5-4-10-6-8-13-9-7-10/h4-7,18-19H,8-17H2,1-3H3,(H,26,29);1-4,14-15H,5-13,20H2,(H,21,23);1-4H,5-8H2,(H,14,16);10,13H,4-9H2,1-3H3. The fourth-order valence-corrected chi connectivity index (χ4v) is 15.2. The van der Waals surface area contributed by atoms with Crippen LogP contribution in [0, 0.1) is 17.8 Å². The summed E-state index contributed by atoms with van der Waals surface area (Å²) < 4.78 is 10.7. The Labute approximate surface area is 500 Å². The second-order valence-corrected chi connectivity index (χ2v) is 27.9. The Hall–Kier alpha value is -5.48. The molecule has 9 aliphatic rings. The second-order valence-electron chi connectivity index (χ2n) is 27.9. The van der Waals surface area contributed by atoms with E-state index >= 15 is 0 Å². The molecule has 3 aromatic carbocycles. The lowest BCUT2D eigenvalue weighted by molar-refractivity contribution is -0.156. The van der Waals surface area contributed by atoms with Gasteiger partial charge in [-0.25, -0.2) is 0 Å². The Balaban J connectivity index is 0.000000140. The van der Waals surface area contributed by atoms with Crippen LogP contribution in [-0.2, 0) is 54.5 Å². The number of ether oxygens (including phenoxy) is 2. The number of rotatable bonds is 9. The average molecular weight is 1150 g/mol. The summed E-state index contributed by atoms with van der Waals surface area (Å²) in [5, 5.41) is 12.5. The molecule has 3 spiro atoms. The number of nitrogens with one attached hydrogen (secondary N) is 4. The van der Waals surface area contributed by atoms with Crippen molar-refractivity contribution in [2.24, 2.45) is 23.5 Å². The van der Waals surface area contributed by atoms with E-state index in [1.807, 2.05) is 90.1 Å². The quantitative estimate of drug-likeness (QED) is 0.127. The highest BCUT2D eigenvalue weighted by Crippen LogP contribution is 2.50. The molecule has 3 aliphatic carbocycles. The summed E-state index contributed by atoms with van der Waals surface area (Å²) >= 11 is 0. The SMILES string of the molecule is CC(C)(C)OC(=O)CCC1CCN(C2CCC3(CC2)C(=O)Nc2ccccc23)CC1.CC(C)(C)OC(=O)CCC1CCNCC1.NCC1CCN(C2CCC3(CC2)C(=O)Nc2ccccc23)CC1.O=C1CCC2(CC1)C(=O)Nc1ccccc12. The van der Waals surface area contributed by atoms with Gasteiger partial charge < -0.3 is 46.3 Å². The molecule has 3 amide bonds. The minimum atomic E-state index is -0.426. The van der Waals surface area contributed by atoms with Crippen LogP contribution in [0.2, 0.25) is 0 Å². The smallest absolute Gasteiger partial charge is 0.306 e. The number of carbonyl (C=O) groups excluding carboxylic acids is 6. The van der Waals surface area contributed by atoms with Crippen LogP contribution in [0.3, 0.4) is 0 Å². The number of hydrogen-bond acceptors (Lipinski definition) is 12. The van der Waals surface area contributed by atoms with E-state index in [0.29, 0.717) is 68.4 Å². The number of hydrogen-bond donors (Lipinski definition) is 5. The summed E-state index contributed by atoms with van der Waals surface area (Å²) in [4.78, 5) is 77.5. The molecule has 6 heterocycles. The van der Waals surface area contributed by atoms with Crippen LogP contribution in [0.5, 0.6) is 0 Å². The molecular formula is C69H99N7O8. The Bertz CT molecular complexity index is 2750. The first-order valence-electron chi connectivity index (χ1n) is 32.3. The second kappa shape index (κ2) is 27.5. The molecule has 3 aromatic rings. The van der Waals surface area contributed by atoms with E-state index < -0.39 is 11.0 Å². The van der Waals surface area contributed by atoms with Crippen molar-refractivity contribution < 1.29 is 38.2 Å². The molecule has 12 rings (SSSR count). The summed E-state index contributed by atoms with van der Waals surface area (Å²) in [6, 6.07) is 25.5. The van der Waals surface area contributed by atoms with E-state index in [-0.39, 0.29) is 51.9 Å². The summed E-state index contributed by atoms with van der Waals surface area (Å²) in [5.74, 6) is 2.69. The number of ketones is 1. The van der Waals surface area contributed by atoms with Gasteiger partial charge in [-0.05, 0) is 256 Å². The van der Waals surface area contributed by atoms with E-state index in [1.54, 1.807) is 0 Å². The maximum absolute atomic E-state index is 12.8. The maximum Gasteiger partial charge on any atom is 0.306 e. The number of benzene rings is 3. The Morgan fingerprint density at radius 2 is 0.821 bits per heavy atom. The van der Waals surface area contributed by atoms with Gasteiger partial charge in [-0.1, -0.05) is 54.6 Å². The van der Waals surface area contributed by atoms with Crippen LogP contribution in [0.25, 0.3) is 0 Å². The van der Waals surface area contributed by atoms with Crippen molar-refractivity contribution in [2.75, 3.05) is 61.8 Å². The predicted octanol–water partition coefficient (Wildman–Crippen LogP) is 11.3. The molecule has 6 N–H and O–H groups in total. The fourth-order valence-electron chi connectivity index (χ4n) is 15.2. The van der Waals surface area contributed by atoms with Crippen molar-refractivity contribution >= 4 is 52.5 Å². The highest BCUT2D eigenvalue weighted by atomic mass is 16.6. The lowest BCUT2D eigenvalue weighted by Gasteiger charge is -2.43. The number of likely N-dealkylation sites (tertiary alicyclic amines) is 2. The molecule has 84 heavy (non-hydrogen) atoms. The first kappa shape index (κ1) is 63.0. The minimum Gasteiger partial charge on any atom is -0.460 e. The Kier molecular flexibility index (Phi) is 20.6. The summed E-state index contributed by atoms with van der Waals surface area (Å²) in [6.45, 7) is 19.1. The van der Waals surface area contributed by atoms with Gasteiger partial charge >= 0.3 is 11.9 Å². The number of anilines is 3. The molecule has 15 heteroatoms. The zero-order valence-electron chi connectivity index (χ0n) is 51.6. The van der Waals surface area contributed by atoms with Crippen molar-refractivity contribution in [3.8, 4) is 0 Å². The number of para-hydroxylation sites is 3. The summed E-state index contributed by atoms with van der Waals surface area (Å²) in [7, 11) is 0.